The topological polar surface area (TPSA) is 70.6 Å². The van der Waals surface area contributed by atoms with Gasteiger partial charge in [0.25, 0.3) is 0 Å². The predicted octanol–water partition coefficient (Wildman–Crippen LogP) is 3.68. The second-order valence-electron chi connectivity index (χ2n) is 6.99. The lowest BCUT2D eigenvalue weighted by Crippen LogP contribution is -2.36. The molecule has 4 rings (SSSR count). The molecule has 1 aliphatic rings. The number of hydrogen-bond acceptors (Lipinski definition) is 5. The summed E-state index contributed by atoms with van der Waals surface area (Å²) in [5.74, 6) is 2.16. The maximum absolute atomic E-state index is 9.22. The minimum atomic E-state index is -0.0802. The molecule has 1 atom stereocenters. The molecule has 28 heavy (non-hydrogen) atoms. The van der Waals surface area contributed by atoms with E-state index in [9.17, 15) is 5.26 Å². The van der Waals surface area contributed by atoms with Crippen molar-refractivity contribution < 1.29 is 0 Å². The van der Waals surface area contributed by atoms with Gasteiger partial charge in [0, 0.05) is 18.3 Å². The lowest BCUT2D eigenvalue weighted by atomic mass is 10.1. The van der Waals surface area contributed by atoms with Crippen LogP contribution < -0.4 is 0 Å². The summed E-state index contributed by atoms with van der Waals surface area (Å²) in [7, 11) is 0. The standard InChI is InChI=1S/C21H20N6S/c1-15(20-24-14-25-27(20)19-7-2-3-10-23-19)26(13-16-8-9-16)21(28)18-6-4-5-17(11-18)12-22/h2-7,10-11,14-16H,8-9,13H2,1H3. The number of pyridine rings is 1. The van der Waals surface area contributed by atoms with Crippen LogP contribution in [0.25, 0.3) is 5.82 Å². The number of aromatic nitrogens is 4. The SMILES string of the molecule is CC(c1ncnn1-c1ccccn1)N(CC1CC1)C(=S)c1cccc(C#N)c1. The highest BCUT2D eigenvalue weighted by atomic mass is 32.1. The summed E-state index contributed by atoms with van der Waals surface area (Å²) in [5, 5.41) is 13.6. The number of rotatable bonds is 6. The van der Waals surface area contributed by atoms with Crippen molar-refractivity contribution in [1.29, 1.82) is 5.26 Å². The van der Waals surface area contributed by atoms with Crippen molar-refractivity contribution in [1.82, 2.24) is 24.6 Å². The van der Waals surface area contributed by atoms with Gasteiger partial charge in [0.05, 0.1) is 17.7 Å². The fraction of sp³-hybridized carbons (Fsp3) is 0.286. The molecule has 0 radical (unpaired) electrons. The Morgan fingerprint density at radius 1 is 1.29 bits per heavy atom. The van der Waals surface area contributed by atoms with Gasteiger partial charge in [-0.15, -0.1) is 0 Å². The van der Waals surface area contributed by atoms with Gasteiger partial charge in [-0.2, -0.15) is 15.0 Å². The van der Waals surface area contributed by atoms with Gasteiger partial charge in [0.15, 0.2) is 11.6 Å². The third kappa shape index (κ3) is 3.78. The molecule has 0 spiro atoms. The highest BCUT2D eigenvalue weighted by molar-refractivity contribution is 7.80. The Balaban J connectivity index is 1.67. The third-order valence-electron chi connectivity index (χ3n) is 4.93. The summed E-state index contributed by atoms with van der Waals surface area (Å²) in [5.41, 5.74) is 1.49. The molecule has 0 N–H and O–H groups in total. The van der Waals surface area contributed by atoms with Crippen molar-refractivity contribution in [3.63, 3.8) is 0 Å². The van der Waals surface area contributed by atoms with E-state index in [0.29, 0.717) is 11.5 Å². The number of nitrogens with zero attached hydrogens (tertiary/aromatic N) is 6. The molecule has 1 saturated carbocycles. The summed E-state index contributed by atoms with van der Waals surface area (Å²) in [6.45, 7) is 2.96. The number of hydrogen-bond donors (Lipinski definition) is 0. The van der Waals surface area contributed by atoms with Crippen molar-refractivity contribution in [3.8, 4) is 11.9 Å². The van der Waals surface area contributed by atoms with Gasteiger partial charge in [0.2, 0.25) is 0 Å². The fourth-order valence-corrected chi connectivity index (χ4v) is 3.57. The highest BCUT2D eigenvalue weighted by Crippen LogP contribution is 2.33. The molecule has 2 aromatic heterocycles. The van der Waals surface area contributed by atoms with E-state index in [4.69, 9.17) is 12.2 Å². The van der Waals surface area contributed by atoms with Gasteiger partial charge in [-0.1, -0.05) is 30.4 Å². The zero-order valence-electron chi connectivity index (χ0n) is 15.6. The Kier molecular flexibility index (Phi) is 5.13. The van der Waals surface area contributed by atoms with E-state index in [1.165, 1.54) is 12.8 Å². The average Bonchev–Trinajstić information content (AvgIpc) is 3.44. The number of nitriles is 1. The predicted molar refractivity (Wildman–Crippen MR) is 110 cm³/mol. The van der Waals surface area contributed by atoms with E-state index in [-0.39, 0.29) is 6.04 Å². The summed E-state index contributed by atoms with van der Waals surface area (Å²) in [6.07, 6.45) is 5.73. The molecule has 1 aromatic carbocycles. The Morgan fingerprint density at radius 3 is 2.86 bits per heavy atom. The lowest BCUT2D eigenvalue weighted by Gasteiger charge is -2.31. The molecule has 140 valence electrons. The smallest absolute Gasteiger partial charge is 0.156 e. The first-order chi connectivity index (χ1) is 13.7. The molecule has 1 aliphatic carbocycles. The van der Waals surface area contributed by atoms with Gasteiger partial charge < -0.3 is 4.90 Å². The molecule has 0 saturated heterocycles. The van der Waals surface area contributed by atoms with Crippen LogP contribution in [0.1, 0.15) is 42.8 Å². The molecule has 0 aliphatic heterocycles. The quantitative estimate of drug-likeness (QED) is 0.600. The van der Waals surface area contributed by atoms with Crippen LogP contribution >= 0.6 is 12.2 Å². The van der Waals surface area contributed by atoms with Crippen LogP contribution in [0.4, 0.5) is 0 Å². The molecule has 1 unspecified atom stereocenters. The van der Waals surface area contributed by atoms with E-state index < -0.39 is 0 Å². The monoisotopic (exact) mass is 388 g/mol. The molecule has 2 heterocycles. The van der Waals surface area contributed by atoms with Crippen LogP contribution in [0.3, 0.4) is 0 Å². The molecular weight excluding hydrogens is 368 g/mol. The lowest BCUT2D eigenvalue weighted by molar-refractivity contribution is 0.313. The molecular formula is C21H20N6S. The summed E-state index contributed by atoms with van der Waals surface area (Å²) < 4.78 is 1.76. The third-order valence-corrected chi connectivity index (χ3v) is 5.40. The largest absolute Gasteiger partial charge is 0.352 e. The zero-order valence-corrected chi connectivity index (χ0v) is 16.4. The summed E-state index contributed by atoms with van der Waals surface area (Å²) >= 11 is 5.85. The second kappa shape index (κ2) is 7.87. The first-order valence-electron chi connectivity index (χ1n) is 9.30. The minimum Gasteiger partial charge on any atom is -0.352 e. The highest BCUT2D eigenvalue weighted by Gasteiger charge is 2.31. The Bertz CT molecular complexity index is 1020. The Morgan fingerprint density at radius 2 is 2.14 bits per heavy atom. The van der Waals surface area contributed by atoms with Crippen LogP contribution in [0, 0.1) is 17.2 Å². The van der Waals surface area contributed by atoms with Gasteiger partial charge >= 0.3 is 0 Å². The maximum Gasteiger partial charge on any atom is 0.156 e. The Labute approximate surface area is 169 Å². The maximum atomic E-state index is 9.22. The summed E-state index contributed by atoms with van der Waals surface area (Å²) in [4.78, 5) is 11.8. The van der Waals surface area contributed by atoms with Gasteiger partial charge in [-0.05, 0) is 49.9 Å². The molecule has 3 aromatic rings. The normalized spacial score (nSPS) is 14.3. The van der Waals surface area contributed by atoms with Crippen molar-refractivity contribution in [2.24, 2.45) is 5.92 Å². The van der Waals surface area contributed by atoms with E-state index in [1.54, 1.807) is 23.3 Å². The minimum absolute atomic E-state index is 0.0802. The van der Waals surface area contributed by atoms with Crippen LogP contribution in [0.15, 0.2) is 55.0 Å². The zero-order chi connectivity index (χ0) is 19.5. The van der Waals surface area contributed by atoms with Crippen molar-refractivity contribution >= 4 is 17.2 Å². The molecule has 1 fully saturated rings. The molecule has 6 nitrogen and oxygen atoms in total. The van der Waals surface area contributed by atoms with Crippen molar-refractivity contribution in [2.75, 3.05) is 6.54 Å². The molecule has 0 amide bonds. The first-order valence-corrected chi connectivity index (χ1v) is 9.70. The molecule has 0 bridgehead atoms. The van der Waals surface area contributed by atoms with E-state index in [2.05, 4.69) is 33.0 Å². The van der Waals surface area contributed by atoms with Crippen LogP contribution in [0.2, 0.25) is 0 Å². The van der Waals surface area contributed by atoms with Crippen LogP contribution in [0.5, 0.6) is 0 Å². The van der Waals surface area contributed by atoms with E-state index in [0.717, 1.165) is 28.7 Å². The number of thiocarbonyl (C=S) groups is 1. The second-order valence-corrected chi connectivity index (χ2v) is 7.37. The van der Waals surface area contributed by atoms with Crippen molar-refractivity contribution in [2.45, 2.75) is 25.8 Å². The van der Waals surface area contributed by atoms with Gasteiger partial charge in [-0.3, -0.25) is 0 Å². The average molecular weight is 389 g/mol. The van der Waals surface area contributed by atoms with Crippen molar-refractivity contribution in [3.05, 3.63) is 71.9 Å². The molecule has 7 heteroatoms. The fourth-order valence-electron chi connectivity index (χ4n) is 3.21. The van der Waals surface area contributed by atoms with Gasteiger partial charge in [0.1, 0.15) is 11.3 Å². The number of benzene rings is 1. The first kappa shape index (κ1) is 18.3. The van der Waals surface area contributed by atoms with Crippen LogP contribution in [-0.2, 0) is 0 Å². The summed E-state index contributed by atoms with van der Waals surface area (Å²) in [6, 6.07) is 15.3. The van der Waals surface area contributed by atoms with E-state index in [1.807, 2.05) is 36.4 Å². The van der Waals surface area contributed by atoms with Gasteiger partial charge in [-0.25, -0.2) is 9.97 Å². The van der Waals surface area contributed by atoms with E-state index >= 15 is 0 Å². The van der Waals surface area contributed by atoms with Crippen LogP contribution in [-0.4, -0.2) is 36.2 Å². The Hall–Kier alpha value is -3.11.